The lowest BCUT2D eigenvalue weighted by molar-refractivity contribution is -0.129. The van der Waals surface area contributed by atoms with E-state index in [-0.39, 0.29) is 0 Å². The molecule has 2 rings (SSSR count). The lowest BCUT2D eigenvalue weighted by Gasteiger charge is -2.43. The zero-order valence-electron chi connectivity index (χ0n) is 16.9. The summed E-state index contributed by atoms with van der Waals surface area (Å²) in [6.45, 7) is 5.35. The van der Waals surface area contributed by atoms with Crippen LogP contribution in [0.25, 0.3) is 0 Å². The highest BCUT2D eigenvalue weighted by molar-refractivity contribution is 7.14. The third-order valence-corrected chi connectivity index (χ3v) is 6.58. The van der Waals surface area contributed by atoms with Gasteiger partial charge in [-0.3, -0.25) is 9.59 Å². The number of primary amides is 1. The van der Waals surface area contributed by atoms with Gasteiger partial charge in [0.15, 0.2) is 0 Å². The summed E-state index contributed by atoms with van der Waals surface area (Å²) in [5.41, 5.74) is 6.11. The van der Waals surface area contributed by atoms with Crippen LogP contribution in [0.15, 0.2) is 23.9 Å². The lowest BCUT2D eigenvalue weighted by atomic mass is 9.72. The van der Waals surface area contributed by atoms with E-state index in [9.17, 15) is 9.59 Å². The van der Waals surface area contributed by atoms with E-state index in [1.807, 2.05) is 13.1 Å². The molecule has 0 aromatic carbocycles. The number of carbonyl (C=O) groups is 2. The number of likely N-dealkylation sites (N-methyl/N-ethyl adjacent to an activating group) is 1. The van der Waals surface area contributed by atoms with Crippen LogP contribution >= 0.6 is 11.3 Å². The Balaban J connectivity index is 2.10. The van der Waals surface area contributed by atoms with Gasteiger partial charge in [0, 0.05) is 31.6 Å². The molecule has 1 fully saturated rings. The van der Waals surface area contributed by atoms with Crippen LogP contribution < -0.4 is 11.1 Å². The molecule has 8 heteroatoms. The Bertz CT molecular complexity index is 691. The van der Waals surface area contributed by atoms with Gasteiger partial charge in [-0.25, -0.2) is 0 Å². The number of rotatable bonds is 11. The largest absolute Gasteiger partial charge is 0.467 e. The molecule has 1 amide bonds. The average molecular weight is 410 g/mol. The Morgan fingerprint density at radius 3 is 2.89 bits per heavy atom. The summed E-state index contributed by atoms with van der Waals surface area (Å²) in [4.78, 5) is 25.4. The van der Waals surface area contributed by atoms with Gasteiger partial charge >= 0.3 is 0 Å². The fourth-order valence-corrected chi connectivity index (χ4v) is 4.98. The number of ether oxygens (including phenoxy) is 2. The summed E-state index contributed by atoms with van der Waals surface area (Å²) < 4.78 is 10.8. The second kappa shape index (κ2) is 10.6. The minimum Gasteiger partial charge on any atom is -0.467 e. The molecule has 1 aromatic rings. The standard InChI is InChI=1S/C20H31N3O4S/c1-15-5-4-6-16(13-22-9-10-23(2)11-12-27-14-24)20(15,26-3)18-8-7-17(28-18)19(21)25/h7-8,13-15,22H,4-6,9-12H2,1-3H3,(H2,21,25)/b16-13-. The molecule has 2 unspecified atom stereocenters. The van der Waals surface area contributed by atoms with Gasteiger partial charge in [-0.1, -0.05) is 6.92 Å². The Labute approximate surface area is 170 Å². The lowest BCUT2D eigenvalue weighted by Crippen LogP contribution is -2.41. The highest BCUT2D eigenvalue weighted by Gasteiger charge is 2.45. The first-order valence-electron chi connectivity index (χ1n) is 9.57. The van der Waals surface area contributed by atoms with E-state index in [1.165, 1.54) is 16.9 Å². The maximum Gasteiger partial charge on any atom is 0.293 e. The average Bonchev–Trinajstić information content (AvgIpc) is 3.17. The smallest absolute Gasteiger partial charge is 0.293 e. The number of hydrogen-bond donors (Lipinski definition) is 2. The monoisotopic (exact) mass is 409 g/mol. The van der Waals surface area contributed by atoms with Crippen LogP contribution in [0.2, 0.25) is 0 Å². The SMILES string of the molecule is COC1(c2ccc(C(N)=O)s2)/C(=C\NCCN(C)CCOC=O)CCCC1C. The summed E-state index contributed by atoms with van der Waals surface area (Å²) >= 11 is 1.41. The third kappa shape index (κ3) is 5.12. The van der Waals surface area contributed by atoms with Gasteiger partial charge in [0.05, 0.1) is 4.88 Å². The first kappa shape index (κ1) is 22.4. The number of hydrogen-bond acceptors (Lipinski definition) is 7. The van der Waals surface area contributed by atoms with Crippen LogP contribution in [0.5, 0.6) is 0 Å². The first-order valence-corrected chi connectivity index (χ1v) is 10.4. The molecule has 7 nitrogen and oxygen atoms in total. The van der Waals surface area contributed by atoms with Crippen LogP contribution in [-0.2, 0) is 19.9 Å². The van der Waals surface area contributed by atoms with Gasteiger partial charge < -0.3 is 25.4 Å². The predicted molar refractivity (Wildman–Crippen MR) is 110 cm³/mol. The Morgan fingerprint density at radius 2 is 2.25 bits per heavy atom. The molecule has 2 atom stereocenters. The zero-order valence-corrected chi connectivity index (χ0v) is 17.7. The number of nitrogens with two attached hydrogens (primary N) is 1. The van der Waals surface area contributed by atoms with Crippen molar-refractivity contribution < 1.29 is 19.1 Å². The number of nitrogens with zero attached hydrogens (tertiary/aromatic N) is 1. The summed E-state index contributed by atoms with van der Waals surface area (Å²) in [5.74, 6) is -0.113. The summed E-state index contributed by atoms with van der Waals surface area (Å²) in [7, 11) is 3.72. The maximum atomic E-state index is 11.6. The van der Waals surface area contributed by atoms with Crippen molar-refractivity contribution in [3.63, 3.8) is 0 Å². The van der Waals surface area contributed by atoms with Crippen molar-refractivity contribution in [2.75, 3.05) is 40.4 Å². The molecule has 3 N–H and O–H groups in total. The van der Waals surface area contributed by atoms with Crippen LogP contribution in [0.3, 0.4) is 0 Å². The number of thiophene rings is 1. The Morgan fingerprint density at radius 1 is 1.46 bits per heavy atom. The van der Waals surface area contributed by atoms with Gasteiger partial charge in [-0.15, -0.1) is 11.3 Å². The first-order chi connectivity index (χ1) is 13.5. The third-order valence-electron chi connectivity index (χ3n) is 5.36. The molecular formula is C20H31N3O4S. The quantitative estimate of drug-likeness (QED) is 0.429. The van der Waals surface area contributed by atoms with Crippen molar-refractivity contribution in [3.8, 4) is 0 Å². The molecule has 0 saturated heterocycles. The second-order valence-corrected chi connectivity index (χ2v) is 8.24. The van der Waals surface area contributed by atoms with Crippen molar-refractivity contribution in [1.82, 2.24) is 10.2 Å². The minimum atomic E-state index is -0.534. The van der Waals surface area contributed by atoms with Gasteiger partial charge in [-0.05, 0) is 56.1 Å². The predicted octanol–water partition coefficient (Wildman–Crippen LogP) is 2.09. The normalized spacial score (nSPS) is 23.7. The van der Waals surface area contributed by atoms with E-state index in [4.69, 9.17) is 15.2 Å². The van der Waals surface area contributed by atoms with E-state index < -0.39 is 11.5 Å². The topological polar surface area (TPSA) is 93.9 Å². The van der Waals surface area contributed by atoms with Crippen molar-refractivity contribution >= 4 is 23.7 Å². The Kier molecular flexibility index (Phi) is 8.47. The van der Waals surface area contributed by atoms with E-state index in [0.717, 1.165) is 37.2 Å². The van der Waals surface area contributed by atoms with Gasteiger partial charge in [-0.2, -0.15) is 0 Å². The fourth-order valence-electron chi connectivity index (χ4n) is 3.81. The molecule has 1 aliphatic rings. The minimum absolute atomic E-state index is 0.293. The van der Waals surface area contributed by atoms with Crippen molar-refractivity contribution in [1.29, 1.82) is 0 Å². The van der Waals surface area contributed by atoms with E-state index in [2.05, 4.69) is 23.3 Å². The molecule has 1 aliphatic carbocycles. The molecule has 156 valence electrons. The molecule has 1 saturated carbocycles. The van der Waals surface area contributed by atoms with Crippen molar-refractivity contribution in [2.24, 2.45) is 11.7 Å². The summed E-state index contributed by atoms with van der Waals surface area (Å²) in [6, 6.07) is 3.75. The second-order valence-electron chi connectivity index (χ2n) is 7.16. The Hall–Kier alpha value is -1.90. The number of nitrogens with one attached hydrogen (secondary N) is 1. The molecule has 0 radical (unpaired) electrons. The highest BCUT2D eigenvalue weighted by atomic mass is 32.1. The number of carbonyl (C=O) groups excluding carboxylic acids is 2. The van der Waals surface area contributed by atoms with Crippen LogP contribution in [0, 0.1) is 5.92 Å². The fraction of sp³-hybridized carbons (Fsp3) is 0.600. The van der Waals surface area contributed by atoms with Crippen LogP contribution in [0.4, 0.5) is 0 Å². The van der Waals surface area contributed by atoms with E-state index in [0.29, 0.717) is 30.4 Å². The van der Waals surface area contributed by atoms with E-state index >= 15 is 0 Å². The van der Waals surface area contributed by atoms with Crippen LogP contribution in [-0.4, -0.2) is 57.7 Å². The number of amides is 1. The van der Waals surface area contributed by atoms with Gasteiger partial charge in [0.2, 0.25) is 0 Å². The molecule has 0 spiro atoms. The molecule has 0 aliphatic heterocycles. The zero-order chi connectivity index (χ0) is 20.6. The highest BCUT2D eigenvalue weighted by Crippen LogP contribution is 2.49. The number of methoxy groups -OCH3 is 1. The molecular weight excluding hydrogens is 378 g/mol. The maximum absolute atomic E-state index is 11.6. The van der Waals surface area contributed by atoms with E-state index in [1.54, 1.807) is 13.2 Å². The van der Waals surface area contributed by atoms with Crippen molar-refractivity contribution in [3.05, 3.63) is 33.7 Å². The van der Waals surface area contributed by atoms with Crippen LogP contribution in [0.1, 0.15) is 40.7 Å². The molecule has 0 bridgehead atoms. The van der Waals surface area contributed by atoms with Gasteiger partial charge in [0.25, 0.3) is 12.4 Å². The summed E-state index contributed by atoms with van der Waals surface area (Å²) in [5, 5.41) is 3.40. The molecule has 1 heterocycles. The van der Waals surface area contributed by atoms with Crippen molar-refractivity contribution in [2.45, 2.75) is 31.8 Å². The van der Waals surface area contributed by atoms with Gasteiger partial charge in [0.1, 0.15) is 12.2 Å². The molecule has 28 heavy (non-hydrogen) atoms. The summed E-state index contributed by atoms with van der Waals surface area (Å²) in [6.07, 6.45) is 5.18. The molecule has 1 aromatic heterocycles.